The number of nitrogens with one attached hydrogen (secondary N) is 1. The predicted molar refractivity (Wildman–Crippen MR) is 113 cm³/mol. The summed E-state index contributed by atoms with van der Waals surface area (Å²) in [5.74, 6) is 0.773. The smallest absolute Gasteiger partial charge is 0.264 e. The number of amides is 1. The van der Waals surface area contributed by atoms with Crippen LogP contribution in [-0.4, -0.2) is 46.6 Å². The minimum absolute atomic E-state index is 0.134. The first-order valence-corrected chi connectivity index (χ1v) is 9.75. The fourth-order valence-corrected chi connectivity index (χ4v) is 3.11. The van der Waals surface area contributed by atoms with Crippen LogP contribution >= 0.6 is 0 Å². The van der Waals surface area contributed by atoms with Crippen molar-refractivity contribution in [2.24, 2.45) is 0 Å². The van der Waals surface area contributed by atoms with Gasteiger partial charge in [-0.3, -0.25) is 10.1 Å². The summed E-state index contributed by atoms with van der Waals surface area (Å²) in [6.07, 6.45) is 0. The lowest BCUT2D eigenvalue weighted by atomic mass is 10.2. The number of carbonyl (C=O) groups excluding carboxylic acids is 1. The van der Waals surface area contributed by atoms with Gasteiger partial charge in [-0.25, -0.2) is 4.98 Å². The molecule has 0 atom stereocenters. The van der Waals surface area contributed by atoms with Crippen LogP contribution in [0.3, 0.4) is 0 Å². The summed E-state index contributed by atoms with van der Waals surface area (Å²) in [7, 11) is 0. The number of hydrogen-bond acceptors (Lipinski definition) is 5. The monoisotopic (exact) mass is 391 g/mol. The molecule has 2 aromatic carbocycles. The van der Waals surface area contributed by atoms with E-state index in [1.54, 1.807) is 24.3 Å². The summed E-state index contributed by atoms with van der Waals surface area (Å²) >= 11 is 0. The van der Waals surface area contributed by atoms with Gasteiger partial charge in [0, 0.05) is 13.1 Å². The molecule has 0 saturated heterocycles. The molecule has 3 rings (SSSR count). The summed E-state index contributed by atoms with van der Waals surface area (Å²) < 4.78 is 7.55. The van der Waals surface area contributed by atoms with Crippen molar-refractivity contribution in [3.63, 3.8) is 0 Å². The van der Waals surface area contributed by atoms with Crippen LogP contribution < -0.4 is 10.1 Å². The fourth-order valence-electron chi connectivity index (χ4n) is 3.11. The maximum atomic E-state index is 12.4. The van der Waals surface area contributed by atoms with Crippen LogP contribution in [-0.2, 0) is 11.3 Å². The first kappa shape index (κ1) is 20.4. The molecule has 1 aromatic heterocycles. The van der Waals surface area contributed by atoms with E-state index in [9.17, 15) is 4.79 Å². The van der Waals surface area contributed by atoms with Gasteiger partial charge in [0.1, 0.15) is 5.75 Å². The van der Waals surface area contributed by atoms with Crippen LogP contribution in [0.5, 0.6) is 5.75 Å². The summed E-state index contributed by atoms with van der Waals surface area (Å²) in [6, 6.07) is 16.5. The molecule has 0 fully saturated rings. The van der Waals surface area contributed by atoms with E-state index in [0.717, 1.165) is 37.2 Å². The van der Waals surface area contributed by atoms with Crippen LogP contribution in [0.15, 0.2) is 48.5 Å². The molecule has 1 heterocycles. The van der Waals surface area contributed by atoms with E-state index < -0.39 is 0 Å². The van der Waals surface area contributed by atoms with E-state index in [0.29, 0.717) is 17.3 Å². The van der Waals surface area contributed by atoms with Gasteiger partial charge in [-0.05, 0) is 49.5 Å². The van der Waals surface area contributed by atoms with Gasteiger partial charge in [-0.2, -0.15) is 5.26 Å². The molecule has 150 valence electrons. The molecule has 0 aliphatic rings. The lowest BCUT2D eigenvalue weighted by Gasteiger charge is -2.19. The van der Waals surface area contributed by atoms with Crippen molar-refractivity contribution in [2.45, 2.75) is 20.4 Å². The number of aromatic nitrogens is 2. The maximum Gasteiger partial charge on any atom is 0.264 e. The number of benzene rings is 2. The van der Waals surface area contributed by atoms with E-state index in [1.165, 1.54) is 0 Å². The highest BCUT2D eigenvalue weighted by Gasteiger charge is 2.14. The third kappa shape index (κ3) is 5.12. The Bertz CT molecular complexity index is 1000. The zero-order valence-corrected chi connectivity index (χ0v) is 16.8. The highest BCUT2D eigenvalue weighted by Crippen LogP contribution is 2.20. The Kier molecular flexibility index (Phi) is 6.82. The van der Waals surface area contributed by atoms with E-state index in [-0.39, 0.29) is 12.5 Å². The standard InChI is InChI=1S/C22H25N5O2/c1-3-26(4-2)13-14-27-20-8-6-5-7-19(20)24-22(27)25-21(28)16-29-18-11-9-17(15-23)10-12-18/h5-12H,3-4,13-14,16H2,1-2H3,(H,24,25,28). The largest absolute Gasteiger partial charge is 0.484 e. The van der Waals surface area contributed by atoms with E-state index in [4.69, 9.17) is 10.00 Å². The molecule has 0 spiro atoms. The Hall–Kier alpha value is -3.37. The summed E-state index contributed by atoms with van der Waals surface area (Å²) in [5.41, 5.74) is 2.38. The number of imidazole rings is 1. The molecule has 0 saturated carbocycles. The Morgan fingerprint density at radius 3 is 2.59 bits per heavy atom. The van der Waals surface area contributed by atoms with E-state index in [1.807, 2.05) is 34.9 Å². The van der Waals surface area contributed by atoms with Crippen molar-refractivity contribution in [3.05, 3.63) is 54.1 Å². The first-order chi connectivity index (χ1) is 14.1. The van der Waals surface area contributed by atoms with Crippen molar-refractivity contribution in [2.75, 3.05) is 31.6 Å². The third-order valence-electron chi connectivity index (χ3n) is 4.79. The Morgan fingerprint density at radius 1 is 1.17 bits per heavy atom. The van der Waals surface area contributed by atoms with Gasteiger partial charge in [0.2, 0.25) is 5.95 Å². The molecule has 0 aliphatic heterocycles. The maximum absolute atomic E-state index is 12.4. The van der Waals surface area contributed by atoms with Crippen LogP contribution in [0.2, 0.25) is 0 Å². The molecule has 29 heavy (non-hydrogen) atoms. The molecule has 7 nitrogen and oxygen atoms in total. The number of fused-ring (bicyclic) bond motifs is 1. The number of nitriles is 1. The van der Waals surface area contributed by atoms with Crippen molar-refractivity contribution >= 4 is 22.9 Å². The average molecular weight is 391 g/mol. The number of anilines is 1. The highest BCUT2D eigenvalue weighted by molar-refractivity contribution is 5.92. The topological polar surface area (TPSA) is 83.2 Å². The molecule has 0 radical (unpaired) electrons. The second-order valence-corrected chi connectivity index (χ2v) is 6.58. The van der Waals surface area contributed by atoms with Crippen LogP contribution in [0.4, 0.5) is 5.95 Å². The van der Waals surface area contributed by atoms with Crippen LogP contribution in [0.25, 0.3) is 11.0 Å². The quantitative estimate of drug-likeness (QED) is 0.605. The van der Waals surface area contributed by atoms with E-state index >= 15 is 0 Å². The van der Waals surface area contributed by atoms with Gasteiger partial charge in [0.25, 0.3) is 5.91 Å². The molecule has 1 amide bonds. The van der Waals surface area contributed by atoms with E-state index in [2.05, 4.69) is 29.0 Å². The lowest BCUT2D eigenvalue weighted by Crippen LogP contribution is -2.28. The van der Waals surface area contributed by atoms with Crippen LogP contribution in [0, 0.1) is 11.3 Å². The van der Waals surface area contributed by atoms with Gasteiger partial charge in [0.05, 0.1) is 22.7 Å². The molecule has 7 heteroatoms. The molecule has 0 aliphatic carbocycles. The number of likely N-dealkylation sites (N-methyl/N-ethyl adjacent to an activating group) is 1. The highest BCUT2D eigenvalue weighted by atomic mass is 16.5. The molecule has 0 bridgehead atoms. The van der Waals surface area contributed by atoms with Crippen molar-refractivity contribution < 1.29 is 9.53 Å². The molecular formula is C22H25N5O2. The van der Waals surface area contributed by atoms with Crippen molar-refractivity contribution in [1.29, 1.82) is 5.26 Å². The number of hydrogen-bond donors (Lipinski definition) is 1. The second-order valence-electron chi connectivity index (χ2n) is 6.58. The fraction of sp³-hybridized carbons (Fsp3) is 0.318. The minimum Gasteiger partial charge on any atom is -0.484 e. The zero-order chi connectivity index (χ0) is 20.6. The lowest BCUT2D eigenvalue weighted by molar-refractivity contribution is -0.118. The second kappa shape index (κ2) is 9.71. The van der Waals surface area contributed by atoms with Gasteiger partial charge in [-0.1, -0.05) is 26.0 Å². The summed E-state index contributed by atoms with van der Waals surface area (Å²) in [6.45, 7) is 7.70. The Labute approximate surface area is 170 Å². The number of nitrogens with zero attached hydrogens (tertiary/aromatic N) is 4. The molecule has 0 unspecified atom stereocenters. The van der Waals surface area contributed by atoms with Gasteiger partial charge in [0.15, 0.2) is 6.61 Å². The Morgan fingerprint density at radius 2 is 1.90 bits per heavy atom. The van der Waals surface area contributed by atoms with Gasteiger partial charge in [-0.15, -0.1) is 0 Å². The van der Waals surface area contributed by atoms with Gasteiger partial charge >= 0.3 is 0 Å². The summed E-state index contributed by atoms with van der Waals surface area (Å²) in [5, 5.41) is 11.7. The summed E-state index contributed by atoms with van der Waals surface area (Å²) in [4.78, 5) is 19.3. The molecule has 3 aromatic rings. The van der Waals surface area contributed by atoms with Crippen molar-refractivity contribution in [1.82, 2.24) is 14.5 Å². The SMILES string of the molecule is CCN(CC)CCn1c(NC(=O)COc2ccc(C#N)cc2)nc2ccccc21. The van der Waals surface area contributed by atoms with Gasteiger partial charge < -0.3 is 14.2 Å². The predicted octanol–water partition coefficient (Wildman–Crippen LogP) is 3.27. The zero-order valence-electron chi connectivity index (χ0n) is 16.8. The minimum atomic E-state index is -0.284. The Balaban J connectivity index is 1.70. The number of para-hydroxylation sites is 2. The number of rotatable bonds is 9. The van der Waals surface area contributed by atoms with Crippen LogP contribution in [0.1, 0.15) is 19.4 Å². The average Bonchev–Trinajstić information content (AvgIpc) is 3.10. The number of ether oxygens (including phenoxy) is 1. The third-order valence-corrected chi connectivity index (χ3v) is 4.79. The number of carbonyl (C=O) groups is 1. The molecular weight excluding hydrogens is 366 g/mol. The molecule has 1 N–H and O–H groups in total. The normalized spacial score (nSPS) is 10.8. The first-order valence-electron chi connectivity index (χ1n) is 9.75. The van der Waals surface area contributed by atoms with Crippen molar-refractivity contribution in [3.8, 4) is 11.8 Å².